The molecule has 0 aliphatic heterocycles. The second-order valence-corrected chi connectivity index (χ2v) is 5.99. The molecular weight excluding hydrogens is 366 g/mol. The highest BCUT2D eigenvalue weighted by molar-refractivity contribution is 9.10. The van der Waals surface area contributed by atoms with E-state index in [1.54, 1.807) is 25.7 Å². The average molecular weight is 380 g/mol. The van der Waals surface area contributed by atoms with Crippen LogP contribution in [-0.2, 0) is 0 Å². The van der Waals surface area contributed by atoms with Crippen LogP contribution in [0.25, 0.3) is 0 Å². The number of hydrogen-bond acceptors (Lipinski definition) is 5. The van der Waals surface area contributed by atoms with Crippen molar-refractivity contribution in [3.8, 4) is 5.75 Å². The fraction of sp³-hybridized carbons (Fsp3) is 0.286. The number of ether oxygens (including phenoxy) is 1. The van der Waals surface area contributed by atoms with Crippen molar-refractivity contribution >= 4 is 39.1 Å². The van der Waals surface area contributed by atoms with E-state index < -0.39 is 0 Å². The average Bonchev–Trinajstić information content (AvgIpc) is 3.28. The third kappa shape index (κ3) is 3.33. The topological polar surface area (TPSA) is 72.0 Å². The van der Waals surface area contributed by atoms with Gasteiger partial charge in [0.1, 0.15) is 10.4 Å². The van der Waals surface area contributed by atoms with Gasteiger partial charge in [-0.2, -0.15) is 0 Å². The van der Waals surface area contributed by atoms with Crippen molar-refractivity contribution in [3.05, 3.63) is 41.0 Å². The Kier molecular flexibility index (Phi) is 4.49. The van der Waals surface area contributed by atoms with Gasteiger partial charge in [-0.15, -0.1) is 0 Å². The number of hydrogen-bond donors (Lipinski definition) is 2. The smallest absolute Gasteiger partial charge is 0.172 e. The molecule has 22 heavy (non-hydrogen) atoms. The standard InChI is InChI=1S/C14H14BrN5OS/c1-21-10-3-2-4-16-11(10)8-7-9(8)19-14(22)20-13-12(15)17-5-6-18-13/h2-6,8-9H,7H2,1H3,(H2,18,19,20,22). The SMILES string of the molecule is COc1cccnc1C1CC1NC(=S)Nc1nccnc1Br. The maximum absolute atomic E-state index is 5.35. The molecule has 0 aromatic carbocycles. The highest BCUT2D eigenvalue weighted by Crippen LogP contribution is 2.43. The van der Waals surface area contributed by atoms with Crippen LogP contribution in [0.1, 0.15) is 18.0 Å². The van der Waals surface area contributed by atoms with Gasteiger partial charge in [0, 0.05) is 30.6 Å². The van der Waals surface area contributed by atoms with Crippen molar-refractivity contribution in [1.29, 1.82) is 0 Å². The van der Waals surface area contributed by atoms with E-state index >= 15 is 0 Å². The Labute approximate surface area is 141 Å². The molecule has 1 aliphatic carbocycles. The van der Waals surface area contributed by atoms with E-state index in [-0.39, 0.29) is 6.04 Å². The largest absolute Gasteiger partial charge is 0.495 e. The summed E-state index contributed by atoms with van der Waals surface area (Å²) in [6.07, 6.45) is 5.96. The van der Waals surface area contributed by atoms with Gasteiger partial charge in [-0.3, -0.25) is 4.98 Å². The Balaban J connectivity index is 1.59. The summed E-state index contributed by atoms with van der Waals surface area (Å²) in [5.41, 5.74) is 0.964. The minimum Gasteiger partial charge on any atom is -0.495 e. The van der Waals surface area contributed by atoms with Crippen molar-refractivity contribution in [3.63, 3.8) is 0 Å². The van der Waals surface area contributed by atoms with E-state index in [1.165, 1.54) is 0 Å². The van der Waals surface area contributed by atoms with Crippen LogP contribution < -0.4 is 15.4 Å². The van der Waals surface area contributed by atoms with Gasteiger partial charge in [0.15, 0.2) is 10.9 Å². The van der Waals surface area contributed by atoms with Gasteiger partial charge in [0.05, 0.1) is 12.8 Å². The van der Waals surface area contributed by atoms with Gasteiger partial charge in [-0.25, -0.2) is 9.97 Å². The first-order chi connectivity index (χ1) is 10.7. The molecule has 1 saturated carbocycles. The zero-order chi connectivity index (χ0) is 15.5. The number of nitrogens with zero attached hydrogens (tertiary/aromatic N) is 3. The highest BCUT2D eigenvalue weighted by atomic mass is 79.9. The molecule has 0 saturated heterocycles. The molecule has 2 aromatic rings. The fourth-order valence-electron chi connectivity index (χ4n) is 2.23. The number of thiocarbonyl (C=S) groups is 1. The van der Waals surface area contributed by atoms with Crippen LogP contribution in [0.3, 0.4) is 0 Å². The van der Waals surface area contributed by atoms with Gasteiger partial charge in [-0.05, 0) is 46.7 Å². The predicted octanol–water partition coefficient (Wildman–Crippen LogP) is 2.49. The number of rotatable bonds is 4. The Hall–Kier alpha value is -1.80. The lowest BCUT2D eigenvalue weighted by Crippen LogP contribution is -2.31. The molecule has 2 atom stereocenters. The summed E-state index contributed by atoms with van der Waals surface area (Å²) in [5, 5.41) is 6.81. The van der Waals surface area contributed by atoms with E-state index in [9.17, 15) is 0 Å². The maximum atomic E-state index is 5.35. The molecular formula is C14H14BrN5OS. The first-order valence-electron chi connectivity index (χ1n) is 6.72. The molecule has 2 aromatic heterocycles. The van der Waals surface area contributed by atoms with Crippen molar-refractivity contribution in [1.82, 2.24) is 20.3 Å². The number of nitrogens with one attached hydrogen (secondary N) is 2. The Morgan fingerprint density at radius 3 is 2.91 bits per heavy atom. The molecule has 0 amide bonds. The Morgan fingerprint density at radius 2 is 2.14 bits per heavy atom. The maximum Gasteiger partial charge on any atom is 0.172 e. The van der Waals surface area contributed by atoms with E-state index in [1.807, 2.05) is 12.1 Å². The summed E-state index contributed by atoms with van der Waals surface area (Å²) in [6, 6.07) is 4.04. The molecule has 2 heterocycles. The Morgan fingerprint density at radius 1 is 1.32 bits per heavy atom. The van der Waals surface area contributed by atoms with Crippen molar-refractivity contribution in [2.45, 2.75) is 18.4 Å². The molecule has 0 radical (unpaired) electrons. The monoisotopic (exact) mass is 379 g/mol. The zero-order valence-electron chi connectivity index (χ0n) is 11.8. The second-order valence-electron chi connectivity index (χ2n) is 4.83. The summed E-state index contributed by atoms with van der Waals surface area (Å²) >= 11 is 8.64. The predicted molar refractivity (Wildman–Crippen MR) is 91.0 cm³/mol. The van der Waals surface area contributed by atoms with E-state index in [0.29, 0.717) is 21.5 Å². The molecule has 114 valence electrons. The van der Waals surface area contributed by atoms with Crippen LogP contribution in [0.2, 0.25) is 0 Å². The van der Waals surface area contributed by atoms with Gasteiger partial charge in [0.25, 0.3) is 0 Å². The van der Waals surface area contributed by atoms with E-state index in [0.717, 1.165) is 17.9 Å². The lowest BCUT2D eigenvalue weighted by molar-refractivity contribution is 0.406. The number of halogens is 1. The number of anilines is 1. The summed E-state index contributed by atoms with van der Waals surface area (Å²) in [7, 11) is 1.66. The first kappa shape index (κ1) is 15.1. The van der Waals surface area contributed by atoms with Crippen molar-refractivity contribution in [2.24, 2.45) is 0 Å². The third-order valence-corrected chi connectivity index (χ3v) is 4.16. The molecule has 3 rings (SSSR count). The van der Waals surface area contributed by atoms with Crippen molar-refractivity contribution < 1.29 is 4.74 Å². The summed E-state index contributed by atoms with van der Waals surface area (Å²) in [6.45, 7) is 0. The molecule has 1 fully saturated rings. The van der Waals surface area contributed by atoms with Crippen LogP contribution >= 0.6 is 28.1 Å². The van der Waals surface area contributed by atoms with Gasteiger partial charge in [-0.1, -0.05) is 0 Å². The van der Waals surface area contributed by atoms with Crippen LogP contribution in [0.15, 0.2) is 35.3 Å². The molecule has 2 unspecified atom stereocenters. The van der Waals surface area contributed by atoms with Gasteiger partial charge in [0.2, 0.25) is 0 Å². The highest BCUT2D eigenvalue weighted by Gasteiger charge is 2.41. The molecule has 2 N–H and O–H groups in total. The fourth-order valence-corrected chi connectivity index (χ4v) is 2.80. The molecule has 6 nitrogen and oxygen atoms in total. The summed E-state index contributed by atoms with van der Waals surface area (Å²) in [4.78, 5) is 12.7. The third-order valence-electron chi connectivity index (χ3n) is 3.36. The quantitative estimate of drug-likeness (QED) is 0.790. The van der Waals surface area contributed by atoms with Crippen molar-refractivity contribution in [2.75, 3.05) is 12.4 Å². The molecule has 0 spiro atoms. The minimum atomic E-state index is 0.249. The van der Waals surface area contributed by atoms with Crippen LogP contribution in [0, 0.1) is 0 Å². The van der Waals surface area contributed by atoms with Gasteiger partial charge >= 0.3 is 0 Å². The summed E-state index contributed by atoms with van der Waals surface area (Å²) in [5.74, 6) is 1.71. The lowest BCUT2D eigenvalue weighted by atomic mass is 10.2. The first-order valence-corrected chi connectivity index (χ1v) is 7.92. The molecule has 8 heteroatoms. The molecule has 0 bridgehead atoms. The zero-order valence-corrected chi connectivity index (χ0v) is 14.2. The minimum absolute atomic E-state index is 0.249. The van der Waals surface area contributed by atoms with E-state index in [4.69, 9.17) is 17.0 Å². The second kappa shape index (κ2) is 6.53. The summed E-state index contributed by atoms with van der Waals surface area (Å²) < 4.78 is 5.97. The van der Waals surface area contributed by atoms with Crippen LogP contribution in [0.5, 0.6) is 5.75 Å². The van der Waals surface area contributed by atoms with Crippen LogP contribution in [-0.4, -0.2) is 33.2 Å². The normalized spacial score (nSPS) is 19.4. The van der Waals surface area contributed by atoms with E-state index in [2.05, 4.69) is 41.5 Å². The van der Waals surface area contributed by atoms with Crippen LogP contribution in [0.4, 0.5) is 5.82 Å². The lowest BCUT2D eigenvalue weighted by Gasteiger charge is -2.11. The van der Waals surface area contributed by atoms with Gasteiger partial charge < -0.3 is 15.4 Å². The number of aromatic nitrogens is 3. The number of pyridine rings is 1. The number of methoxy groups -OCH3 is 1. The Bertz CT molecular complexity index is 698. The molecule has 1 aliphatic rings.